The lowest BCUT2D eigenvalue weighted by atomic mass is 10.2. The number of nitrogens with one attached hydrogen (secondary N) is 2. The summed E-state index contributed by atoms with van der Waals surface area (Å²) in [4.78, 5) is 14.0. The van der Waals surface area contributed by atoms with Gasteiger partial charge in [0.25, 0.3) is 0 Å². The molecule has 1 amide bonds. The Bertz CT molecular complexity index is 411. The minimum atomic E-state index is -0.147. The van der Waals surface area contributed by atoms with Crippen molar-refractivity contribution in [3.63, 3.8) is 0 Å². The molecule has 1 aliphatic rings. The summed E-state index contributed by atoms with van der Waals surface area (Å²) in [6.07, 6.45) is 0.901. The summed E-state index contributed by atoms with van der Waals surface area (Å²) in [5.41, 5.74) is 1.11. The second-order valence-corrected chi connectivity index (χ2v) is 5.01. The summed E-state index contributed by atoms with van der Waals surface area (Å²) in [5, 5.41) is 6.29. The van der Waals surface area contributed by atoms with E-state index in [1.807, 2.05) is 42.3 Å². The van der Waals surface area contributed by atoms with Crippen LogP contribution in [-0.2, 0) is 9.53 Å². The van der Waals surface area contributed by atoms with Crippen LogP contribution in [0.15, 0.2) is 30.3 Å². The molecule has 0 saturated carbocycles. The normalized spacial score (nSPS) is 19.6. The summed E-state index contributed by atoms with van der Waals surface area (Å²) < 4.78 is 5.34. The van der Waals surface area contributed by atoms with Crippen LogP contribution in [0.5, 0.6) is 0 Å². The first-order valence-corrected chi connectivity index (χ1v) is 7.12. The third kappa shape index (κ3) is 4.51. The van der Waals surface area contributed by atoms with Gasteiger partial charge in [0, 0.05) is 25.3 Å². The third-order valence-electron chi connectivity index (χ3n) is 3.45. The van der Waals surface area contributed by atoms with Gasteiger partial charge in [-0.15, -0.1) is 0 Å². The van der Waals surface area contributed by atoms with E-state index in [2.05, 4.69) is 10.6 Å². The fourth-order valence-corrected chi connectivity index (χ4v) is 2.17. The van der Waals surface area contributed by atoms with Crippen molar-refractivity contribution in [3.8, 4) is 0 Å². The van der Waals surface area contributed by atoms with Crippen LogP contribution < -0.4 is 10.6 Å². The first-order valence-electron chi connectivity index (χ1n) is 7.12. The highest BCUT2D eigenvalue weighted by atomic mass is 16.5. The number of hydrogen-bond donors (Lipinski definition) is 2. The number of anilines is 1. The molecule has 2 rings (SSSR count). The molecule has 1 saturated heterocycles. The number of hydrogen-bond acceptors (Lipinski definition) is 4. The monoisotopic (exact) mass is 277 g/mol. The van der Waals surface area contributed by atoms with Crippen LogP contribution in [0.2, 0.25) is 0 Å². The zero-order chi connectivity index (χ0) is 14.2. The Morgan fingerprint density at radius 1 is 1.35 bits per heavy atom. The summed E-state index contributed by atoms with van der Waals surface area (Å²) >= 11 is 0. The number of carbonyl (C=O) groups excluding carboxylic acids is 1. The van der Waals surface area contributed by atoms with Crippen LogP contribution in [0.1, 0.15) is 6.42 Å². The maximum absolute atomic E-state index is 12.0. The Hall–Kier alpha value is -1.59. The fourth-order valence-electron chi connectivity index (χ4n) is 2.17. The molecular weight excluding hydrogens is 254 g/mol. The summed E-state index contributed by atoms with van der Waals surface area (Å²) in [6.45, 7) is 3.55. The van der Waals surface area contributed by atoms with E-state index in [0.29, 0.717) is 19.8 Å². The molecule has 1 aromatic rings. The van der Waals surface area contributed by atoms with E-state index >= 15 is 0 Å². The van der Waals surface area contributed by atoms with Crippen molar-refractivity contribution in [2.45, 2.75) is 12.5 Å². The highest BCUT2D eigenvalue weighted by Gasteiger charge is 2.25. The number of amides is 1. The number of carbonyl (C=O) groups is 1. The first-order chi connectivity index (χ1) is 9.77. The van der Waals surface area contributed by atoms with Crippen molar-refractivity contribution in [2.24, 2.45) is 0 Å². The zero-order valence-electron chi connectivity index (χ0n) is 12.0. The van der Waals surface area contributed by atoms with Gasteiger partial charge in [-0.2, -0.15) is 0 Å². The second kappa shape index (κ2) is 7.87. The van der Waals surface area contributed by atoms with Gasteiger partial charge in [-0.05, 0) is 25.6 Å². The van der Waals surface area contributed by atoms with Gasteiger partial charge < -0.3 is 15.4 Å². The maximum atomic E-state index is 12.0. The predicted molar refractivity (Wildman–Crippen MR) is 79.8 cm³/mol. The molecule has 5 heteroatoms. The Kier molecular flexibility index (Phi) is 5.83. The maximum Gasteiger partial charge on any atom is 0.239 e. The van der Waals surface area contributed by atoms with Crippen molar-refractivity contribution in [3.05, 3.63) is 30.3 Å². The molecule has 110 valence electrons. The third-order valence-corrected chi connectivity index (χ3v) is 3.45. The molecule has 5 nitrogen and oxygen atoms in total. The molecule has 0 unspecified atom stereocenters. The van der Waals surface area contributed by atoms with Gasteiger partial charge >= 0.3 is 0 Å². The number of likely N-dealkylation sites (N-methyl/N-ethyl adjacent to an activating group) is 1. The van der Waals surface area contributed by atoms with Gasteiger partial charge in [0.2, 0.25) is 5.91 Å². The van der Waals surface area contributed by atoms with Crippen LogP contribution in [0.4, 0.5) is 5.69 Å². The average Bonchev–Trinajstić information content (AvgIpc) is 2.48. The van der Waals surface area contributed by atoms with Crippen molar-refractivity contribution in [1.29, 1.82) is 0 Å². The Morgan fingerprint density at radius 2 is 2.15 bits per heavy atom. The van der Waals surface area contributed by atoms with Crippen LogP contribution in [0, 0.1) is 0 Å². The van der Waals surface area contributed by atoms with Gasteiger partial charge in [-0.1, -0.05) is 18.2 Å². The summed E-state index contributed by atoms with van der Waals surface area (Å²) in [6, 6.07) is 9.92. The molecular formula is C15H23N3O2. The van der Waals surface area contributed by atoms with Crippen LogP contribution in [0.3, 0.4) is 0 Å². The van der Waals surface area contributed by atoms with E-state index in [4.69, 9.17) is 4.74 Å². The number of rotatable bonds is 6. The van der Waals surface area contributed by atoms with Crippen molar-refractivity contribution in [2.75, 3.05) is 45.2 Å². The Labute approximate surface area is 120 Å². The van der Waals surface area contributed by atoms with Gasteiger partial charge in [0.05, 0.1) is 13.2 Å². The molecule has 1 atom stereocenters. The van der Waals surface area contributed by atoms with Gasteiger partial charge in [-0.25, -0.2) is 0 Å². The molecule has 0 aliphatic carbocycles. The highest BCUT2D eigenvalue weighted by molar-refractivity contribution is 5.81. The molecule has 0 radical (unpaired) electrons. The van der Waals surface area contributed by atoms with Crippen molar-refractivity contribution >= 4 is 11.6 Å². The van der Waals surface area contributed by atoms with E-state index in [9.17, 15) is 4.79 Å². The van der Waals surface area contributed by atoms with Gasteiger partial charge in [0.1, 0.15) is 6.04 Å². The SMILES string of the molecule is CN1CCOC[C@H]1C(=O)NCCCNc1ccccc1. The number of morpholine rings is 1. The van der Waals surface area contributed by atoms with Gasteiger partial charge in [0.15, 0.2) is 0 Å². The molecule has 1 heterocycles. The molecule has 20 heavy (non-hydrogen) atoms. The fraction of sp³-hybridized carbons (Fsp3) is 0.533. The van der Waals surface area contributed by atoms with Crippen molar-refractivity contribution < 1.29 is 9.53 Å². The lowest BCUT2D eigenvalue weighted by Gasteiger charge is -2.31. The number of benzene rings is 1. The number of ether oxygens (including phenoxy) is 1. The topological polar surface area (TPSA) is 53.6 Å². The minimum Gasteiger partial charge on any atom is -0.385 e. The Balaban J connectivity index is 1.59. The van der Waals surface area contributed by atoms with Crippen LogP contribution in [-0.4, -0.2) is 56.7 Å². The first kappa shape index (κ1) is 14.8. The van der Waals surface area contributed by atoms with Crippen LogP contribution in [0.25, 0.3) is 0 Å². The van der Waals surface area contributed by atoms with Crippen LogP contribution >= 0.6 is 0 Å². The predicted octanol–water partition coefficient (Wildman–Crippen LogP) is 0.935. The Morgan fingerprint density at radius 3 is 2.90 bits per heavy atom. The lowest BCUT2D eigenvalue weighted by Crippen LogP contribution is -2.52. The molecule has 0 aromatic heterocycles. The van der Waals surface area contributed by atoms with E-state index in [1.54, 1.807) is 0 Å². The minimum absolute atomic E-state index is 0.0620. The highest BCUT2D eigenvalue weighted by Crippen LogP contribution is 2.05. The molecule has 1 aromatic carbocycles. The molecule has 1 aliphatic heterocycles. The largest absolute Gasteiger partial charge is 0.385 e. The van der Waals surface area contributed by atoms with E-state index in [1.165, 1.54) is 0 Å². The summed E-state index contributed by atoms with van der Waals surface area (Å²) in [5.74, 6) is 0.0620. The van der Waals surface area contributed by atoms with Gasteiger partial charge in [-0.3, -0.25) is 9.69 Å². The summed E-state index contributed by atoms with van der Waals surface area (Å²) in [7, 11) is 1.96. The lowest BCUT2D eigenvalue weighted by molar-refractivity contribution is -0.131. The average molecular weight is 277 g/mol. The smallest absolute Gasteiger partial charge is 0.239 e. The standard InChI is InChI=1S/C15H23N3O2/c1-18-10-11-20-12-14(18)15(19)17-9-5-8-16-13-6-3-2-4-7-13/h2-4,6-7,14,16H,5,8-12H2,1H3,(H,17,19)/t14-/m0/s1. The van der Waals surface area contributed by atoms with E-state index in [-0.39, 0.29) is 11.9 Å². The van der Waals surface area contributed by atoms with Crippen molar-refractivity contribution in [1.82, 2.24) is 10.2 Å². The number of para-hydroxylation sites is 1. The molecule has 1 fully saturated rings. The molecule has 0 spiro atoms. The molecule has 0 bridgehead atoms. The zero-order valence-corrected chi connectivity index (χ0v) is 12.0. The van der Waals surface area contributed by atoms with E-state index in [0.717, 1.165) is 25.2 Å². The second-order valence-electron chi connectivity index (χ2n) is 5.01. The van der Waals surface area contributed by atoms with E-state index < -0.39 is 0 Å². The quantitative estimate of drug-likeness (QED) is 0.760. The number of nitrogens with zero attached hydrogens (tertiary/aromatic N) is 1. The molecule has 2 N–H and O–H groups in total.